The highest BCUT2D eigenvalue weighted by Crippen LogP contribution is 2.22. The summed E-state index contributed by atoms with van der Waals surface area (Å²) in [5.41, 5.74) is 7.07. The minimum absolute atomic E-state index is 0.797. The Labute approximate surface area is 157 Å². The third-order valence-corrected chi connectivity index (χ3v) is 5.88. The number of allylic oxidation sites excluding steroid dienone is 1. The van der Waals surface area contributed by atoms with E-state index < -0.39 is 0 Å². The van der Waals surface area contributed by atoms with E-state index >= 15 is 0 Å². The molecule has 2 heteroatoms. The highest BCUT2D eigenvalue weighted by atomic mass is 32.2. The Morgan fingerprint density at radius 3 is 1.96 bits per heavy atom. The monoisotopic (exact) mass is 355 g/mol. The molecule has 0 aromatic heterocycles. The van der Waals surface area contributed by atoms with Crippen LogP contribution in [0.2, 0.25) is 0 Å². The summed E-state index contributed by atoms with van der Waals surface area (Å²) in [6.07, 6.45) is 14.9. The summed E-state index contributed by atoms with van der Waals surface area (Å²) >= 11 is 1.94. The van der Waals surface area contributed by atoms with E-state index in [1.807, 2.05) is 11.8 Å². The lowest BCUT2D eigenvalue weighted by atomic mass is 9.91. The van der Waals surface area contributed by atoms with Crippen LogP contribution in [0.15, 0.2) is 11.6 Å². The van der Waals surface area contributed by atoms with Crippen molar-refractivity contribution in [1.29, 1.82) is 0 Å². The predicted molar refractivity (Wildman–Crippen MR) is 115 cm³/mol. The molecule has 2 unspecified atom stereocenters. The molecule has 0 bridgehead atoms. The molecule has 0 aromatic carbocycles. The van der Waals surface area contributed by atoms with Crippen molar-refractivity contribution in [2.45, 2.75) is 92.4 Å². The molecule has 0 aliphatic carbocycles. The topological polar surface area (TPSA) is 26.0 Å². The molecule has 2 atom stereocenters. The highest BCUT2D eigenvalue weighted by molar-refractivity contribution is 7.99. The Morgan fingerprint density at radius 1 is 0.875 bits per heavy atom. The van der Waals surface area contributed by atoms with Crippen LogP contribution < -0.4 is 5.73 Å². The van der Waals surface area contributed by atoms with Crippen molar-refractivity contribution in [3.63, 3.8) is 0 Å². The summed E-state index contributed by atoms with van der Waals surface area (Å²) in [6, 6.07) is 0. The second kappa shape index (κ2) is 16.5. The molecule has 0 rings (SSSR count). The van der Waals surface area contributed by atoms with E-state index in [9.17, 15) is 0 Å². The van der Waals surface area contributed by atoms with Crippen molar-refractivity contribution < 1.29 is 0 Å². The lowest BCUT2D eigenvalue weighted by Crippen LogP contribution is -2.01. The summed E-state index contributed by atoms with van der Waals surface area (Å²) in [6.45, 7) is 12.6. The fourth-order valence-electron chi connectivity index (χ4n) is 3.18. The Bertz CT molecular complexity index is 298. The molecule has 0 amide bonds. The first-order chi connectivity index (χ1) is 11.5. The predicted octanol–water partition coefficient (Wildman–Crippen LogP) is 7.06. The molecule has 2 N–H and O–H groups in total. The van der Waals surface area contributed by atoms with Gasteiger partial charge in [0.05, 0.1) is 0 Å². The van der Waals surface area contributed by atoms with Gasteiger partial charge in [0.2, 0.25) is 0 Å². The summed E-state index contributed by atoms with van der Waals surface area (Å²) in [5.74, 6) is 4.90. The van der Waals surface area contributed by atoms with E-state index in [1.165, 1.54) is 57.8 Å². The number of rotatable bonds is 16. The summed E-state index contributed by atoms with van der Waals surface area (Å²) in [5, 5.41) is 0. The second-order valence-corrected chi connectivity index (χ2v) is 9.42. The van der Waals surface area contributed by atoms with Crippen molar-refractivity contribution in [2.75, 3.05) is 18.1 Å². The lowest BCUT2D eigenvalue weighted by molar-refractivity contribution is 0.389. The van der Waals surface area contributed by atoms with Gasteiger partial charge in [0.25, 0.3) is 0 Å². The van der Waals surface area contributed by atoms with Crippen molar-refractivity contribution in [3.05, 3.63) is 11.6 Å². The van der Waals surface area contributed by atoms with Gasteiger partial charge in [-0.05, 0) is 37.5 Å². The van der Waals surface area contributed by atoms with E-state index in [-0.39, 0.29) is 0 Å². The first-order valence-electron chi connectivity index (χ1n) is 10.4. The number of thioether (sulfide) groups is 1. The quantitative estimate of drug-likeness (QED) is 0.237. The maximum Gasteiger partial charge on any atom is 0.0116 e. The second-order valence-electron chi connectivity index (χ2n) is 8.27. The number of hydrogen-bond donors (Lipinski definition) is 1. The molecule has 0 spiro atoms. The molecule has 0 aromatic rings. The zero-order valence-corrected chi connectivity index (χ0v) is 18.1. The van der Waals surface area contributed by atoms with Crippen LogP contribution in [0.3, 0.4) is 0 Å². The van der Waals surface area contributed by atoms with Crippen LogP contribution in [0.5, 0.6) is 0 Å². The fourth-order valence-corrected chi connectivity index (χ4v) is 3.91. The molecule has 0 saturated heterocycles. The van der Waals surface area contributed by atoms with Crippen LogP contribution in [0.25, 0.3) is 0 Å². The van der Waals surface area contributed by atoms with Crippen LogP contribution >= 0.6 is 11.8 Å². The van der Waals surface area contributed by atoms with Gasteiger partial charge in [-0.2, -0.15) is 11.8 Å². The Kier molecular flexibility index (Phi) is 16.5. The zero-order valence-electron chi connectivity index (χ0n) is 17.3. The minimum atomic E-state index is 0.797. The SMILES string of the molecule is CC(=CCSCCN)CCCC(C)CCCC(C)CCCC(C)C. The molecular weight excluding hydrogens is 310 g/mol. The maximum absolute atomic E-state index is 5.51. The average Bonchev–Trinajstić information content (AvgIpc) is 2.51. The fraction of sp³-hybridized carbons (Fsp3) is 0.909. The minimum Gasteiger partial charge on any atom is -0.330 e. The Morgan fingerprint density at radius 2 is 1.42 bits per heavy atom. The third kappa shape index (κ3) is 16.9. The van der Waals surface area contributed by atoms with Crippen LogP contribution in [-0.4, -0.2) is 18.1 Å². The standard InChI is InChI=1S/C22H45NS/c1-19(2)9-6-10-20(3)11-7-12-21(4)13-8-14-22(5)15-17-24-18-16-23/h15,19-21H,6-14,16-18,23H2,1-5H3. The first-order valence-corrected chi connectivity index (χ1v) is 11.5. The van der Waals surface area contributed by atoms with Gasteiger partial charge >= 0.3 is 0 Å². The third-order valence-electron chi connectivity index (χ3n) is 4.95. The van der Waals surface area contributed by atoms with Crippen LogP contribution in [0.1, 0.15) is 92.4 Å². The first kappa shape index (κ1) is 24.1. The molecule has 0 aliphatic heterocycles. The number of hydrogen-bond acceptors (Lipinski definition) is 2. The van der Waals surface area contributed by atoms with E-state index in [0.717, 1.165) is 35.8 Å². The van der Waals surface area contributed by atoms with Gasteiger partial charge in [-0.1, -0.05) is 84.3 Å². The van der Waals surface area contributed by atoms with Crippen molar-refractivity contribution in [2.24, 2.45) is 23.5 Å². The molecule has 0 saturated carbocycles. The van der Waals surface area contributed by atoms with Gasteiger partial charge in [-0.15, -0.1) is 0 Å². The van der Waals surface area contributed by atoms with E-state index in [2.05, 4.69) is 40.7 Å². The van der Waals surface area contributed by atoms with Crippen molar-refractivity contribution in [3.8, 4) is 0 Å². The van der Waals surface area contributed by atoms with E-state index in [0.29, 0.717) is 0 Å². The molecule has 144 valence electrons. The summed E-state index contributed by atoms with van der Waals surface area (Å²) in [4.78, 5) is 0. The highest BCUT2D eigenvalue weighted by Gasteiger charge is 2.06. The Balaban J connectivity index is 3.56. The van der Waals surface area contributed by atoms with Crippen molar-refractivity contribution in [1.82, 2.24) is 0 Å². The van der Waals surface area contributed by atoms with Gasteiger partial charge in [0.15, 0.2) is 0 Å². The lowest BCUT2D eigenvalue weighted by Gasteiger charge is -2.15. The Hall–Kier alpha value is 0.0500. The summed E-state index contributed by atoms with van der Waals surface area (Å²) in [7, 11) is 0. The van der Waals surface area contributed by atoms with Crippen LogP contribution in [0, 0.1) is 17.8 Å². The largest absolute Gasteiger partial charge is 0.330 e. The number of nitrogens with two attached hydrogens (primary N) is 1. The maximum atomic E-state index is 5.51. The zero-order chi connectivity index (χ0) is 18.2. The van der Waals surface area contributed by atoms with Gasteiger partial charge in [0.1, 0.15) is 0 Å². The van der Waals surface area contributed by atoms with Gasteiger partial charge in [-0.3, -0.25) is 0 Å². The van der Waals surface area contributed by atoms with E-state index in [1.54, 1.807) is 5.57 Å². The van der Waals surface area contributed by atoms with Crippen LogP contribution in [0.4, 0.5) is 0 Å². The van der Waals surface area contributed by atoms with Gasteiger partial charge in [0, 0.05) is 18.1 Å². The van der Waals surface area contributed by atoms with E-state index in [4.69, 9.17) is 5.73 Å². The normalized spacial score (nSPS) is 15.0. The summed E-state index contributed by atoms with van der Waals surface area (Å²) < 4.78 is 0. The molecule has 1 nitrogen and oxygen atoms in total. The van der Waals surface area contributed by atoms with Gasteiger partial charge < -0.3 is 5.73 Å². The molecule has 0 heterocycles. The van der Waals surface area contributed by atoms with Crippen molar-refractivity contribution >= 4 is 11.8 Å². The van der Waals surface area contributed by atoms with Gasteiger partial charge in [-0.25, -0.2) is 0 Å². The molecule has 0 fully saturated rings. The molecule has 0 radical (unpaired) electrons. The van der Waals surface area contributed by atoms with Crippen LogP contribution in [-0.2, 0) is 0 Å². The molecule has 24 heavy (non-hydrogen) atoms. The average molecular weight is 356 g/mol. The molecular formula is C22H45NS. The smallest absolute Gasteiger partial charge is 0.0116 e. The molecule has 0 aliphatic rings.